The largest absolute Gasteiger partial charge is 0.467 e. The molecule has 0 aromatic heterocycles. The number of nitrogens with one attached hydrogen (secondary N) is 4. The van der Waals surface area contributed by atoms with Crippen LogP contribution in [0.5, 0.6) is 0 Å². The van der Waals surface area contributed by atoms with Crippen LogP contribution in [0.15, 0.2) is 0 Å². The zero-order chi connectivity index (χ0) is 30.9. The minimum absolute atomic E-state index is 0.0212. The number of carbonyl (C=O) groups is 6. The second-order valence-corrected chi connectivity index (χ2v) is 12.9. The van der Waals surface area contributed by atoms with Crippen molar-refractivity contribution in [2.45, 2.75) is 77.5 Å². The number of rotatable bonds is 10. The van der Waals surface area contributed by atoms with E-state index in [0.29, 0.717) is 12.8 Å². The highest BCUT2D eigenvalue weighted by Crippen LogP contribution is 2.24. The molecular formula is C26H44N4O9S2. The van der Waals surface area contributed by atoms with Gasteiger partial charge in [-0.2, -0.15) is 0 Å². The first kappa shape index (κ1) is 36.5. The van der Waals surface area contributed by atoms with E-state index in [0.717, 1.165) is 0 Å². The Morgan fingerprint density at radius 2 is 1.15 bits per heavy atom. The molecule has 0 bridgehead atoms. The average Bonchev–Trinajstić information content (AvgIpc) is 2.91. The summed E-state index contributed by atoms with van der Waals surface area (Å²) in [6, 6.07) is -3.72. The standard InChI is InChI=1S/C26H44N4O9S2/c1-15(2)11-17(25(35)37-5)29-23(33)19-13-40-41-14-20(24(34)30-18(12-16(3)4)26(36)38-6)28-22(32)8-10-39-9-7-21(31)27-19/h15-20H,7-14H2,1-6H3,(H,27,31)(H,28,32)(H,29,33)(H,30,34)/t17-,18-,19?,20?/m0/s1. The van der Waals surface area contributed by atoms with Crippen molar-refractivity contribution in [2.24, 2.45) is 11.8 Å². The monoisotopic (exact) mass is 620 g/mol. The molecule has 234 valence electrons. The van der Waals surface area contributed by atoms with Crippen molar-refractivity contribution < 1.29 is 43.0 Å². The topological polar surface area (TPSA) is 178 Å². The van der Waals surface area contributed by atoms with Crippen molar-refractivity contribution >= 4 is 57.2 Å². The van der Waals surface area contributed by atoms with Crippen LogP contribution in [0.25, 0.3) is 0 Å². The molecule has 1 rings (SSSR count). The van der Waals surface area contributed by atoms with Crippen molar-refractivity contribution in [2.75, 3.05) is 38.9 Å². The first-order chi connectivity index (χ1) is 19.4. The summed E-state index contributed by atoms with van der Waals surface area (Å²) >= 11 is 0. The van der Waals surface area contributed by atoms with E-state index in [1.807, 2.05) is 27.7 Å². The van der Waals surface area contributed by atoms with Crippen LogP contribution in [-0.4, -0.2) is 98.7 Å². The fourth-order valence-corrected chi connectivity index (χ4v) is 6.09. The molecule has 15 heteroatoms. The highest BCUT2D eigenvalue weighted by molar-refractivity contribution is 8.76. The Balaban J connectivity index is 3.03. The number of amides is 4. The van der Waals surface area contributed by atoms with Crippen molar-refractivity contribution in [3.63, 3.8) is 0 Å². The normalized spacial score (nSPS) is 20.9. The van der Waals surface area contributed by atoms with Crippen LogP contribution in [0.1, 0.15) is 53.4 Å². The fourth-order valence-electron chi connectivity index (χ4n) is 3.76. The molecule has 0 spiro atoms. The summed E-state index contributed by atoms with van der Waals surface area (Å²) in [5.41, 5.74) is 0. The summed E-state index contributed by atoms with van der Waals surface area (Å²) in [7, 11) is 4.90. The predicted octanol–water partition coefficient (Wildman–Crippen LogP) is 0.556. The van der Waals surface area contributed by atoms with E-state index in [4.69, 9.17) is 14.2 Å². The molecular weight excluding hydrogens is 576 g/mol. The van der Waals surface area contributed by atoms with Crippen molar-refractivity contribution in [1.29, 1.82) is 0 Å². The molecule has 13 nitrogen and oxygen atoms in total. The molecule has 0 aromatic carbocycles. The van der Waals surface area contributed by atoms with Gasteiger partial charge in [-0.15, -0.1) is 0 Å². The van der Waals surface area contributed by atoms with Crippen LogP contribution >= 0.6 is 21.6 Å². The molecule has 1 aliphatic rings. The lowest BCUT2D eigenvalue weighted by atomic mass is 10.0. The molecule has 0 radical (unpaired) electrons. The molecule has 0 aliphatic carbocycles. The number of esters is 2. The minimum atomic E-state index is -0.985. The molecule has 0 aromatic rings. The summed E-state index contributed by atoms with van der Waals surface area (Å²) < 4.78 is 15.0. The van der Waals surface area contributed by atoms with Gasteiger partial charge in [0, 0.05) is 24.3 Å². The first-order valence-corrected chi connectivity index (χ1v) is 16.0. The average molecular weight is 621 g/mol. The number of hydrogen-bond acceptors (Lipinski definition) is 11. The van der Waals surface area contributed by atoms with Crippen LogP contribution in [0.3, 0.4) is 0 Å². The highest BCUT2D eigenvalue weighted by Gasteiger charge is 2.30. The van der Waals surface area contributed by atoms with Gasteiger partial charge < -0.3 is 35.5 Å². The molecule has 1 saturated heterocycles. The lowest BCUT2D eigenvalue weighted by Crippen LogP contribution is -2.53. The molecule has 0 saturated carbocycles. The van der Waals surface area contributed by atoms with E-state index in [-0.39, 0.29) is 49.4 Å². The Labute approximate surface area is 249 Å². The second-order valence-electron chi connectivity index (χ2n) is 10.3. The Morgan fingerprint density at radius 1 is 0.780 bits per heavy atom. The molecule has 1 heterocycles. The number of methoxy groups -OCH3 is 2. The summed E-state index contributed by atoms with van der Waals surface area (Å²) in [6.45, 7) is 7.66. The zero-order valence-corrected chi connectivity index (χ0v) is 26.2. The lowest BCUT2D eigenvalue weighted by molar-refractivity contribution is -0.146. The zero-order valence-electron chi connectivity index (χ0n) is 24.6. The Kier molecular flexibility index (Phi) is 17.4. The van der Waals surface area contributed by atoms with Gasteiger partial charge >= 0.3 is 11.9 Å². The van der Waals surface area contributed by atoms with Gasteiger partial charge in [0.05, 0.1) is 27.4 Å². The molecule has 1 fully saturated rings. The SMILES string of the molecule is COC(=O)[C@H](CC(C)C)NC(=O)C1CSSCC(C(=O)N[C@@H](CC(C)C)C(=O)OC)NC(=O)CCOCCC(=O)N1. The highest BCUT2D eigenvalue weighted by atomic mass is 33.1. The van der Waals surface area contributed by atoms with E-state index in [1.54, 1.807) is 0 Å². The summed E-state index contributed by atoms with van der Waals surface area (Å²) in [4.78, 5) is 75.7. The Bertz CT molecular complexity index is 834. The van der Waals surface area contributed by atoms with Crippen LogP contribution < -0.4 is 21.3 Å². The molecule has 2 unspecified atom stereocenters. The number of hydrogen-bond donors (Lipinski definition) is 4. The van der Waals surface area contributed by atoms with Crippen molar-refractivity contribution in [1.82, 2.24) is 21.3 Å². The molecule has 4 amide bonds. The number of carbonyl (C=O) groups excluding carboxylic acids is 6. The smallest absolute Gasteiger partial charge is 0.328 e. The molecule has 1 aliphatic heterocycles. The van der Waals surface area contributed by atoms with Gasteiger partial charge in [-0.3, -0.25) is 19.2 Å². The first-order valence-electron chi connectivity index (χ1n) is 13.5. The number of ether oxygens (including phenoxy) is 3. The van der Waals surface area contributed by atoms with E-state index >= 15 is 0 Å². The van der Waals surface area contributed by atoms with Crippen molar-refractivity contribution in [3.8, 4) is 0 Å². The summed E-state index contributed by atoms with van der Waals surface area (Å²) in [5, 5.41) is 10.7. The third-order valence-corrected chi connectivity index (χ3v) is 8.24. The third kappa shape index (κ3) is 14.8. The van der Waals surface area contributed by atoms with Gasteiger partial charge in [0.15, 0.2) is 0 Å². The van der Waals surface area contributed by atoms with Crippen LogP contribution in [0, 0.1) is 11.8 Å². The van der Waals surface area contributed by atoms with Gasteiger partial charge in [0.25, 0.3) is 0 Å². The Hall–Kier alpha value is -2.52. The van der Waals surface area contributed by atoms with Gasteiger partial charge in [0.1, 0.15) is 24.2 Å². The second kappa shape index (κ2) is 19.6. The van der Waals surface area contributed by atoms with E-state index in [2.05, 4.69) is 21.3 Å². The minimum Gasteiger partial charge on any atom is -0.467 e. The van der Waals surface area contributed by atoms with E-state index < -0.39 is 59.7 Å². The third-order valence-electron chi connectivity index (χ3n) is 5.82. The summed E-state index contributed by atoms with van der Waals surface area (Å²) in [6.07, 6.45) is 0.639. The van der Waals surface area contributed by atoms with Crippen LogP contribution in [0.4, 0.5) is 0 Å². The van der Waals surface area contributed by atoms with Gasteiger partial charge in [0.2, 0.25) is 23.6 Å². The summed E-state index contributed by atoms with van der Waals surface area (Å²) in [5.74, 6) is -2.71. The van der Waals surface area contributed by atoms with E-state index in [1.165, 1.54) is 35.8 Å². The maximum absolute atomic E-state index is 13.1. The van der Waals surface area contributed by atoms with Gasteiger partial charge in [-0.05, 0) is 24.7 Å². The van der Waals surface area contributed by atoms with Crippen molar-refractivity contribution in [3.05, 3.63) is 0 Å². The lowest BCUT2D eigenvalue weighted by Gasteiger charge is -2.24. The maximum Gasteiger partial charge on any atom is 0.328 e. The van der Waals surface area contributed by atoms with E-state index in [9.17, 15) is 28.8 Å². The Morgan fingerprint density at radius 3 is 1.46 bits per heavy atom. The van der Waals surface area contributed by atoms with Crippen LogP contribution in [-0.2, 0) is 43.0 Å². The van der Waals surface area contributed by atoms with Gasteiger partial charge in [-0.25, -0.2) is 9.59 Å². The molecule has 4 atom stereocenters. The predicted molar refractivity (Wildman–Crippen MR) is 156 cm³/mol. The van der Waals surface area contributed by atoms with Crippen LogP contribution in [0.2, 0.25) is 0 Å². The molecule has 41 heavy (non-hydrogen) atoms. The molecule has 4 N–H and O–H groups in total. The quantitative estimate of drug-likeness (QED) is 0.198. The van der Waals surface area contributed by atoms with Gasteiger partial charge in [-0.1, -0.05) is 49.3 Å². The fraction of sp³-hybridized carbons (Fsp3) is 0.769. The maximum atomic E-state index is 13.1.